The molecule has 1 aliphatic rings. The molecular weight excluding hydrogens is 388 g/mol. The van der Waals surface area contributed by atoms with E-state index in [1.54, 1.807) is 35.2 Å². The van der Waals surface area contributed by atoms with Gasteiger partial charge in [0.15, 0.2) is 0 Å². The molecule has 0 unspecified atom stereocenters. The summed E-state index contributed by atoms with van der Waals surface area (Å²) in [5.41, 5.74) is 4.86. The second-order valence-electron chi connectivity index (χ2n) is 7.25. The van der Waals surface area contributed by atoms with Crippen LogP contribution in [0.2, 0.25) is 0 Å². The predicted molar refractivity (Wildman–Crippen MR) is 115 cm³/mol. The van der Waals surface area contributed by atoms with Crippen molar-refractivity contribution < 1.29 is 17.9 Å². The molecule has 1 amide bonds. The molecule has 1 fully saturated rings. The highest BCUT2D eigenvalue weighted by atomic mass is 32.2. The van der Waals surface area contributed by atoms with Crippen LogP contribution in [0.25, 0.3) is 6.08 Å². The number of carbonyl (C=O) groups is 1. The van der Waals surface area contributed by atoms with Crippen LogP contribution in [0.5, 0.6) is 0 Å². The van der Waals surface area contributed by atoms with Crippen molar-refractivity contribution in [3.05, 3.63) is 69.6 Å². The molecule has 2 aromatic rings. The van der Waals surface area contributed by atoms with Crippen LogP contribution in [0, 0.1) is 20.8 Å². The zero-order chi connectivity index (χ0) is 21.0. The van der Waals surface area contributed by atoms with Crippen molar-refractivity contribution in [1.82, 2.24) is 4.90 Å². The number of anilines is 1. The molecule has 3 rings (SSSR count). The average molecular weight is 415 g/mol. The number of aryl methyl sites for hydroxylation is 3. The van der Waals surface area contributed by atoms with Crippen LogP contribution in [-0.4, -0.2) is 45.5 Å². The number of carbonyl (C=O) groups excluding carboxylic acids is 1. The molecule has 1 N–H and O–H groups in total. The normalized spacial score (nSPS) is 14.9. The molecule has 1 heterocycles. The predicted octanol–water partition coefficient (Wildman–Crippen LogP) is 3.50. The maximum Gasteiger partial charge on any atom is 0.255 e. The van der Waals surface area contributed by atoms with Crippen molar-refractivity contribution in [2.24, 2.45) is 0 Å². The first-order valence-corrected chi connectivity index (χ1v) is 11.1. The smallest absolute Gasteiger partial charge is 0.255 e. The number of sulfonamides is 1. The van der Waals surface area contributed by atoms with E-state index < -0.39 is 10.0 Å². The minimum atomic E-state index is -3.72. The zero-order valence-corrected chi connectivity index (χ0v) is 17.8. The van der Waals surface area contributed by atoms with Gasteiger partial charge in [0.1, 0.15) is 0 Å². The third-order valence-corrected chi connectivity index (χ3v) is 5.83. The molecule has 0 atom stereocenters. The van der Waals surface area contributed by atoms with Crippen LogP contribution >= 0.6 is 0 Å². The van der Waals surface area contributed by atoms with Crippen LogP contribution in [0.3, 0.4) is 0 Å². The van der Waals surface area contributed by atoms with Crippen molar-refractivity contribution in [1.29, 1.82) is 0 Å². The molecule has 0 aromatic heterocycles. The maximum absolute atomic E-state index is 12.6. The Kier molecular flexibility index (Phi) is 6.39. The van der Waals surface area contributed by atoms with Crippen molar-refractivity contribution in [3.8, 4) is 0 Å². The van der Waals surface area contributed by atoms with Gasteiger partial charge in [0.2, 0.25) is 0 Å². The zero-order valence-electron chi connectivity index (χ0n) is 16.9. The number of hydrogen-bond donors (Lipinski definition) is 1. The van der Waals surface area contributed by atoms with Gasteiger partial charge in [-0.1, -0.05) is 23.8 Å². The third-order valence-electron chi connectivity index (χ3n) is 4.82. The SMILES string of the molecule is Cc1cc(C)c(/C=C/S(=O)(=O)Nc2cccc(C(=O)N3CCOCC3)c2)c(C)c1. The molecule has 154 valence electrons. The quantitative estimate of drug-likeness (QED) is 0.813. The Morgan fingerprint density at radius 3 is 2.38 bits per heavy atom. The Labute approximate surface area is 172 Å². The van der Waals surface area contributed by atoms with E-state index in [0.29, 0.717) is 37.6 Å². The summed E-state index contributed by atoms with van der Waals surface area (Å²) in [5, 5.41) is 1.16. The summed E-state index contributed by atoms with van der Waals surface area (Å²) in [4.78, 5) is 14.3. The number of morpholine rings is 1. The third kappa shape index (κ3) is 5.46. The molecule has 0 aliphatic carbocycles. The minimum absolute atomic E-state index is 0.129. The highest BCUT2D eigenvalue weighted by Gasteiger charge is 2.19. The van der Waals surface area contributed by atoms with E-state index in [4.69, 9.17) is 4.74 Å². The van der Waals surface area contributed by atoms with E-state index >= 15 is 0 Å². The number of ether oxygens (including phenoxy) is 1. The Morgan fingerprint density at radius 1 is 1.07 bits per heavy atom. The van der Waals surface area contributed by atoms with Gasteiger partial charge in [0, 0.05) is 24.3 Å². The van der Waals surface area contributed by atoms with Gasteiger partial charge in [-0.15, -0.1) is 0 Å². The number of amides is 1. The summed E-state index contributed by atoms with van der Waals surface area (Å²) in [6.45, 7) is 8.03. The lowest BCUT2D eigenvalue weighted by Gasteiger charge is -2.27. The number of nitrogens with one attached hydrogen (secondary N) is 1. The van der Waals surface area contributed by atoms with Crippen LogP contribution in [0.1, 0.15) is 32.6 Å². The van der Waals surface area contributed by atoms with Crippen LogP contribution in [-0.2, 0) is 14.8 Å². The van der Waals surface area contributed by atoms with Crippen molar-refractivity contribution >= 4 is 27.7 Å². The fourth-order valence-corrected chi connectivity index (χ4v) is 4.31. The summed E-state index contributed by atoms with van der Waals surface area (Å²) in [7, 11) is -3.72. The van der Waals surface area contributed by atoms with Crippen molar-refractivity contribution in [2.45, 2.75) is 20.8 Å². The van der Waals surface area contributed by atoms with Gasteiger partial charge in [-0.2, -0.15) is 0 Å². The van der Waals surface area contributed by atoms with E-state index in [-0.39, 0.29) is 5.91 Å². The topological polar surface area (TPSA) is 75.7 Å². The number of nitrogens with zero attached hydrogens (tertiary/aromatic N) is 1. The molecule has 7 heteroatoms. The van der Waals surface area contributed by atoms with E-state index in [9.17, 15) is 13.2 Å². The molecular formula is C22H26N2O4S. The summed E-state index contributed by atoms with van der Waals surface area (Å²) >= 11 is 0. The first kappa shape index (κ1) is 21.1. The van der Waals surface area contributed by atoms with Crippen molar-refractivity contribution in [3.63, 3.8) is 0 Å². The van der Waals surface area contributed by atoms with Gasteiger partial charge in [-0.05, 0) is 61.7 Å². The maximum atomic E-state index is 12.6. The Balaban J connectivity index is 1.76. The highest BCUT2D eigenvalue weighted by Crippen LogP contribution is 2.20. The molecule has 0 bridgehead atoms. The molecule has 6 nitrogen and oxygen atoms in total. The van der Waals surface area contributed by atoms with Crippen LogP contribution in [0.15, 0.2) is 41.8 Å². The number of rotatable bonds is 5. The molecule has 0 radical (unpaired) electrons. The number of benzene rings is 2. The molecule has 0 saturated carbocycles. The summed E-state index contributed by atoms with van der Waals surface area (Å²) < 4.78 is 32.9. The summed E-state index contributed by atoms with van der Waals surface area (Å²) in [6.07, 6.45) is 1.61. The second kappa shape index (κ2) is 8.80. The van der Waals surface area contributed by atoms with Crippen LogP contribution < -0.4 is 4.72 Å². The van der Waals surface area contributed by atoms with Gasteiger partial charge in [0.05, 0.1) is 18.6 Å². The first-order valence-electron chi connectivity index (χ1n) is 9.51. The van der Waals surface area contributed by atoms with Crippen molar-refractivity contribution in [2.75, 3.05) is 31.0 Å². The summed E-state index contributed by atoms with van der Waals surface area (Å²) in [6, 6.07) is 10.6. The monoisotopic (exact) mass is 414 g/mol. The minimum Gasteiger partial charge on any atom is -0.378 e. The molecule has 2 aromatic carbocycles. The van der Waals surface area contributed by atoms with Gasteiger partial charge >= 0.3 is 0 Å². The Morgan fingerprint density at radius 2 is 1.72 bits per heavy atom. The van der Waals surface area contributed by atoms with Gasteiger partial charge in [-0.3, -0.25) is 9.52 Å². The molecule has 1 aliphatic heterocycles. The van der Waals surface area contributed by atoms with Gasteiger partial charge < -0.3 is 9.64 Å². The van der Waals surface area contributed by atoms with Gasteiger partial charge in [0.25, 0.3) is 15.9 Å². The average Bonchev–Trinajstić information content (AvgIpc) is 2.67. The first-order chi connectivity index (χ1) is 13.7. The van der Waals surface area contributed by atoms with E-state index in [2.05, 4.69) is 4.72 Å². The standard InChI is InChI=1S/C22H26N2O4S/c1-16-13-17(2)21(18(3)14-16)7-12-29(26,27)23-20-6-4-5-19(15-20)22(25)24-8-10-28-11-9-24/h4-7,12-15,23H,8-11H2,1-3H3/b12-7+. The molecule has 29 heavy (non-hydrogen) atoms. The number of hydrogen-bond acceptors (Lipinski definition) is 4. The Bertz CT molecular complexity index is 1020. The molecule has 1 saturated heterocycles. The Hall–Kier alpha value is -2.64. The second-order valence-corrected chi connectivity index (χ2v) is 8.81. The lowest BCUT2D eigenvalue weighted by atomic mass is 10.0. The van der Waals surface area contributed by atoms with E-state index in [1.165, 1.54) is 0 Å². The van der Waals surface area contributed by atoms with Gasteiger partial charge in [-0.25, -0.2) is 8.42 Å². The fourth-order valence-electron chi connectivity index (χ4n) is 3.47. The van der Waals surface area contributed by atoms with E-state index in [0.717, 1.165) is 27.7 Å². The van der Waals surface area contributed by atoms with E-state index in [1.807, 2.05) is 32.9 Å². The van der Waals surface area contributed by atoms with Crippen LogP contribution in [0.4, 0.5) is 5.69 Å². The lowest BCUT2D eigenvalue weighted by Crippen LogP contribution is -2.40. The summed E-state index contributed by atoms with van der Waals surface area (Å²) in [5.74, 6) is -0.129. The highest BCUT2D eigenvalue weighted by molar-refractivity contribution is 7.95. The molecule has 0 spiro atoms. The lowest BCUT2D eigenvalue weighted by molar-refractivity contribution is 0.0303. The fraction of sp³-hybridized carbons (Fsp3) is 0.318. The largest absolute Gasteiger partial charge is 0.378 e.